The summed E-state index contributed by atoms with van der Waals surface area (Å²) in [7, 11) is 0. The summed E-state index contributed by atoms with van der Waals surface area (Å²) in [5.41, 5.74) is 9.37. The molecule has 0 fully saturated rings. The molecule has 3 N–H and O–H groups in total. The third-order valence-corrected chi connectivity index (χ3v) is 4.65. The molecule has 0 spiro atoms. The van der Waals surface area contributed by atoms with Gasteiger partial charge in [-0.05, 0) is 42.0 Å². The Morgan fingerprint density at radius 2 is 1.77 bits per heavy atom. The number of rotatable bonds is 5. The molecule has 0 radical (unpaired) electrons. The van der Waals surface area contributed by atoms with Crippen molar-refractivity contribution < 1.29 is 13.9 Å². The first-order valence-electron chi connectivity index (χ1n) is 9.39. The van der Waals surface area contributed by atoms with Gasteiger partial charge < -0.3 is 24.9 Å². The molecule has 1 aromatic carbocycles. The van der Waals surface area contributed by atoms with Gasteiger partial charge in [0.1, 0.15) is 13.2 Å². The van der Waals surface area contributed by atoms with Crippen LogP contribution in [0.4, 0.5) is 11.7 Å². The van der Waals surface area contributed by atoms with E-state index < -0.39 is 6.04 Å². The van der Waals surface area contributed by atoms with E-state index >= 15 is 0 Å². The van der Waals surface area contributed by atoms with Crippen LogP contribution in [0.25, 0.3) is 11.5 Å². The van der Waals surface area contributed by atoms with E-state index in [0.29, 0.717) is 41.9 Å². The highest BCUT2D eigenvalue weighted by Gasteiger charge is 2.20. The molecular formula is C21H18N6O3. The minimum Gasteiger partial charge on any atom is -0.486 e. The van der Waals surface area contributed by atoms with Gasteiger partial charge in [0.2, 0.25) is 0 Å². The van der Waals surface area contributed by atoms with Crippen molar-refractivity contribution in [1.82, 2.24) is 20.2 Å². The third kappa shape index (κ3) is 3.53. The standard InChI is InChI=1S/C21H18N6O3/c22-18(13-5-8-23-9-6-13)19-15(2-1-7-24-19)20-26-27-21(30-20)25-14-3-4-16-17(12-14)29-11-10-28-16/h1-9,12,18H,10-11,22H2,(H,25,27). The van der Waals surface area contributed by atoms with Crippen LogP contribution < -0.4 is 20.5 Å². The number of nitrogens with two attached hydrogens (primary N) is 1. The smallest absolute Gasteiger partial charge is 0.320 e. The highest BCUT2D eigenvalue weighted by atomic mass is 16.6. The van der Waals surface area contributed by atoms with Gasteiger partial charge in [-0.1, -0.05) is 5.10 Å². The van der Waals surface area contributed by atoms with Gasteiger partial charge in [0, 0.05) is 30.3 Å². The molecule has 0 amide bonds. The van der Waals surface area contributed by atoms with Crippen molar-refractivity contribution in [3.8, 4) is 23.0 Å². The Labute approximate surface area is 171 Å². The zero-order valence-electron chi connectivity index (χ0n) is 15.9. The summed E-state index contributed by atoms with van der Waals surface area (Å²) in [6.45, 7) is 1.06. The van der Waals surface area contributed by atoms with Gasteiger partial charge in [-0.2, -0.15) is 0 Å². The second-order valence-corrected chi connectivity index (χ2v) is 6.59. The molecule has 1 aliphatic heterocycles. The lowest BCUT2D eigenvalue weighted by atomic mass is 10.0. The van der Waals surface area contributed by atoms with Gasteiger partial charge in [-0.3, -0.25) is 9.97 Å². The molecule has 0 bridgehead atoms. The van der Waals surface area contributed by atoms with Gasteiger partial charge in [0.15, 0.2) is 11.5 Å². The Balaban J connectivity index is 1.41. The Morgan fingerprint density at radius 1 is 0.933 bits per heavy atom. The average Bonchev–Trinajstić information content (AvgIpc) is 3.27. The van der Waals surface area contributed by atoms with E-state index in [1.807, 2.05) is 36.4 Å². The first kappa shape index (κ1) is 18.1. The number of pyridine rings is 2. The topological polar surface area (TPSA) is 121 Å². The second-order valence-electron chi connectivity index (χ2n) is 6.59. The van der Waals surface area contributed by atoms with Crippen molar-refractivity contribution >= 4 is 11.7 Å². The Hall–Kier alpha value is -3.98. The summed E-state index contributed by atoms with van der Waals surface area (Å²) in [4.78, 5) is 8.48. The van der Waals surface area contributed by atoms with Crippen molar-refractivity contribution in [1.29, 1.82) is 0 Å². The van der Waals surface area contributed by atoms with E-state index in [0.717, 1.165) is 11.3 Å². The Morgan fingerprint density at radius 3 is 2.63 bits per heavy atom. The summed E-state index contributed by atoms with van der Waals surface area (Å²) in [6, 6.07) is 12.7. The fourth-order valence-corrected chi connectivity index (χ4v) is 3.20. The van der Waals surface area contributed by atoms with Crippen LogP contribution in [0.5, 0.6) is 11.5 Å². The van der Waals surface area contributed by atoms with Crippen LogP contribution in [0.1, 0.15) is 17.3 Å². The lowest BCUT2D eigenvalue weighted by molar-refractivity contribution is 0.171. The van der Waals surface area contributed by atoms with Crippen LogP contribution in [-0.2, 0) is 0 Å². The largest absolute Gasteiger partial charge is 0.486 e. The van der Waals surface area contributed by atoms with Crippen LogP contribution >= 0.6 is 0 Å². The van der Waals surface area contributed by atoms with Gasteiger partial charge in [0.05, 0.1) is 17.3 Å². The summed E-state index contributed by atoms with van der Waals surface area (Å²) in [5.74, 6) is 1.70. The monoisotopic (exact) mass is 402 g/mol. The molecule has 30 heavy (non-hydrogen) atoms. The molecule has 1 unspecified atom stereocenters. The maximum absolute atomic E-state index is 6.43. The summed E-state index contributed by atoms with van der Waals surface area (Å²) in [5, 5.41) is 11.3. The second kappa shape index (κ2) is 7.80. The third-order valence-electron chi connectivity index (χ3n) is 4.65. The van der Waals surface area contributed by atoms with Crippen LogP contribution in [0.3, 0.4) is 0 Å². The molecule has 0 saturated carbocycles. The van der Waals surface area contributed by atoms with Gasteiger partial charge in [0.25, 0.3) is 5.89 Å². The minimum atomic E-state index is -0.453. The Bertz CT molecular complexity index is 1160. The summed E-state index contributed by atoms with van der Waals surface area (Å²) >= 11 is 0. The Kier molecular flexibility index (Phi) is 4.70. The number of anilines is 2. The van der Waals surface area contributed by atoms with Gasteiger partial charge in [-0.25, -0.2) is 0 Å². The maximum Gasteiger partial charge on any atom is 0.320 e. The number of benzene rings is 1. The molecule has 1 aliphatic rings. The molecular weight excluding hydrogens is 384 g/mol. The van der Waals surface area contributed by atoms with Crippen LogP contribution in [0.15, 0.2) is 65.5 Å². The first-order valence-corrected chi connectivity index (χ1v) is 9.39. The molecule has 0 aliphatic carbocycles. The van der Waals surface area contributed by atoms with Gasteiger partial charge >= 0.3 is 6.01 Å². The van der Waals surface area contributed by atoms with Crippen molar-refractivity contribution in [3.63, 3.8) is 0 Å². The number of fused-ring (bicyclic) bond motifs is 1. The molecule has 5 rings (SSSR count). The van der Waals surface area contributed by atoms with E-state index in [2.05, 4.69) is 25.5 Å². The van der Waals surface area contributed by atoms with E-state index in [4.69, 9.17) is 19.6 Å². The lowest BCUT2D eigenvalue weighted by Gasteiger charge is -2.18. The number of aromatic nitrogens is 4. The van der Waals surface area contributed by atoms with Crippen molar-refractivity contribution in [2.45, 2.75) is 6.04 Å². The lowest BCUT2D eigenvalue weighted by Crippen LogP contribution is -2.15. The molecule has 4 aromatic rings. The van der Waals surface area contributed by atoms with E-state index in [1.54, 1.807) is 24.7 Å². The van der Waals surface area contributed by atoms with Crippen LogP contribution in [0.2, 0.25) is 0 Å². The quantitative estimate of drug-likeness (QED) is 0.518. The minimum absolute atomic E-state index is 0.244. The number of hydrogen-bond acceptors (Lipinski definition) is 9. The van der Waals surface area contributed by atoms with Crippen molar-refractivity contribution in [3.05, 3.63) is 72.3 Å². The summed E-state index contributed by atoms with van der Waals surface area (Å²) < 4.78 is 17.0. The molecule has 4 heterocycles. The number of hydrogen-bond donors (Lipinski definition) is 2. The molecule has 150 valence electrons. The van der Waals surface area contributed by atoms with Crippen LogP contribution in [-0.4, -0.2) is 33.4 Å². The van der Waals surface area contributed by atoms with E-state index in [9.17, 15) is 0 Å². The van der Waals surface area contributed by atoms with Crippen molar-refractivity contribution in [2.75, 3.05) is 18.5 Å². The molecule has 9 heteroatoms. The molecule has 9 nitrogen and oxygen atoms in total. The average molecular weight is 402 g/mol. The zero-order chi connectivity index (χ0) is 20.3. The predicted molar refractivity (Wildman–Crippen MR) is 109 cm³/mol. The number of nitrogens with zero attached hydrogens (tertiary/aromatic N) is 4. The molecule has 1 atom stereocenters. The molecule has 3 aromatic heterocycles. The van der Waals surface area contributed by atoms with Crippen LogP contribution in [0, 0.1) is 0 Å². The van der Waals surface area contributed by atoms with E-state index in [1.165, 1.54) is 0 Å². The SMILES string of the molecule is NC(c1ccncc1)c1ncccc1-c1nnc(Nc2ccc3c(c2)OCCO3)o1. The van der Waals surface area contributed by atoms with Gasteiger partial charge in [-0.15, -0.1) is 5.10 Å². The van der Waals surface area contributed by atoms with E-state index in [-0.39, 0.29) is 6.01 Å². The number of nitrogens with one attached hydrogen (secondary N) is 1. The highest BCUT2D eigenvalue weighted by Crippen LogP contribution is 2.34. The first-order chi connectivity index (χ1) is 14.8. The maximum atomic E-state index is 6.43. The zero-order valence-corrected chi connectivity index (χ0v) is 15.9. The predicted octanol–water partition coefficient (Wildman–Crippen LogP) is 3.09. The fraction of sp³-hybridized carbons (Fsp3) is 0.143. The number of ether oxygens (including phenoxy) is 2. The van der Waals surface area contributed by atoms with Crippen molar-refractivity contribution in [2.24, 2.45) is 5.73 Å². The fourth-order valence-electron chi connectivity index (χ4n) is 3.20. The normalized spacial score (nSPS) is 13.6. The molecule has 0 saturated heterocycles. The highest BCUT2D eigenvalue weighted by molar-refractivity contribution is 5.62. The summed E-state index contributed by atoms with van der Waals surface area (Å²) in [6.07, 6.45) is 5.07.